The van der Waals surface area contributed by atoms with Crippen molar-refractivity contribution in [3.8, 4) is 0 Å². The van der Waals surface area contributed by atoms with Crippen LogP contribution in [0.5, 0.6) is 0 Å². The standard InChI is InChI=1S/C15H30N2O2/c1-4-6-14(17-12(2)3)15(18)16-9-5-10-19-11-13-7-8-13/h12-14,17H,4-11H2,1-3H3,(H,16,18). The minimum absolute atomic E-state index is 0.0580. The van der Waals surface area contributed by atoms with Gasteiger partial charge >= 0.3 is 0 Å². The zero-order valence-electron chi connectivity index (χ0n) is 12.7. The summed E-state index contributed by atoms with van der Waals surface area (Å²) >= 11 is 0. The van der Waals surface area contributed by atoms with Gasteiger partial charge in [0.05, 0.1) is 6.04 Å². The highest BCUT2D eigenvalue weighted by Crippen LogP contribution is 2.28. The fourth-order valence-corrected chi connectivity index (χ4v) is 2.02. The van der Waals surface area contributed by atoms with E-state index in [9.17, 15) is 4.79 Å². The Balaban J connectivity index is 2.05. The molecule has 0 spiro atoms. The Kier molecular flexibility index (Phi) is 8.07. The molecule has 19 heavy (non-hydrogen) atoms. The third-order valence-corrected chi connectivity index (χ3v) is 3.24. The zero-order valence-corrected chi connectivity index (χ0v) is 12.7. The lowest BCUT2D eigenvalue weighted by atomic mass is 10.1. The van der Waals surface area contributed by atoms with Gasteiger partial charge in [0, 0.05) is 25.8 Å². The molecule has 1 atom stereocenters. The molecule has 0 radical (unpaired) electrons. The van der Waals surface area contributed by atoms with Crippen molar-refractivity contribution in [3.05, 3.63) is 0 Å². The first-order chi connectivity index (χ1) is 9.13. The number of nitrogens with one attached hydrogen (secondary N) is 2. The van der Waals surface area contributed by atoms with E-state index in [2.05, 4.69) is 31.4 Å². The van der Waals surface area contributed by atoms with Crippen LogP contribution in [0, 0.1) is 5.92 Å². The van der Waals surface area contributed by atoms with Gasteiger partial charge in [-0.25, -0.2) is 0 Å². The third kappa shape index (κ3) is 8.22. The summed E-state index contributed by atoms with van der Waals surface area (Å²) in [5.74, 6) is 0.941. The molecule has 0 aromatic heterocycles. The number of hydrogen-bond acceptors (Lipinski definition) is 3. The first-order valence-electron chi connectivity index (χ1n) is 7.75. The van der Waals surface area contributed by atoms with E-state index in [0.717, 1.165) is 38.4 Å². The molecule has 1 aliphatic carbocycles. The molecule has 0 heterocycles. The van der Waals surface area contributed by atoms with Crippen molar-refractivity contribution >= 4 is 5.91 Å². The molecule has 1 amide bonds. The lowest BCUT2D eigenvalue weighted by molar-refractivity contribution is -0.123. The topological polar surface area (TPSA) is 50.4 Å². The van der Waals surface area contributed by atoms with E-state index in [1.807, 2.05) is 0 Å². The van der Waals surface area contributed by atoms with E-state index >= 15 is 0 Å². The van der Waals surface area contributed by atoms with Crippen LogP contribution in [0.25, 0.3) is 0 Å². The van der Waals surface area contributed by atoms with Crippen LogP contribution in [-0.2, 0) is 9.53 Å². The second-order valence-electron chi connectivity index (χ2n) is 5.83. The lowest BCUT2D eigenvalue weighted by Crippen LogP contribution is -2.47. The second kappa shape index (κ2) is 9.32. The molecule has 0 saturated heterocycles. The number of carbonyl (C=O) groups is 1. The summed E-state index contributed by atoms with van der Waals surface area (Å²) < 4.78 is 5.54. The van der Waals surface area contributed by atoms with Crippen molar-refractivity contribution < 1.29 is 9.53 Å². The molecule has 4 nitrogen and oxygen atoms in total. The Hall–Kier alpha value is -0.610. The maximum absolute atomic E-state index is 12.0. The summed E-state index contributed by atoms with van der Waals surface area (Å²) in [5.41, 5.74) is 0. The van der Waals surface area contributed by atoms with Gasteiger partial charge in [-0.1, -0.05) is 27.2 Å². The molecule has 0 aromatic carbocycles. The minimum atomic E-state index is -0.0580. The molecule has 2 N–H and O–H groups in total. The normalized spacial score (nSPS) is 16.6. The number of ether oxygens (including phenoxy) is 1. The average molecular weight is 270 g/mol. The molecule has 112 valence electrons. The van der Waals surface area contributed by atoms with Crippen LogP contribution in [0.15, 0.2) is 0 Å². The first kappa shape index (κ1) is 16.4. The summed E-state index contributed by atoms with van der Waals surface area (Å²) in [6.07, 6.45) is 5.47. The molecule has 4 heteroatoms. The van der Waals surface area contributed by atoms with Gasteiger partial charge in [-0.15, -0.1) is 0 Å². The van der Waals surface area contributed by atoms with E-state index in [4.69, 9.17) is 4.74 Å². The fraction of sp³-hybridized carbons (Fsp3) is 0.933. The molecule has 1 fully saturated rings. The van der Waals surface area contributed by atoms with Crippen LogP contribution in [-0.4, -0.2) is 37.7 Å². The molecule has 1 aliphatic rings. The lowest BCUT2D eigenvalue weighted by Gasteiger charge is -2.20. The highest BCUT2D eigenvalue weighted by atomic mass is 16.5. The summed E-state index contributed by atoms with van der Waals surface area (Å²) in [6.45, 7) is 8.62. The molecule has 0 aromatic rings. The minimum Gasteiger partial charge on any atom is -0.381 e. The Morgan fingerprint density at radius 3 is 2.68 bits per heavy atom. The van der Waals surface area contributed by atoms with Gasteiger partial charge in [-0.05, 0) is 31.6 Å². The van der Waals surface area contributed by atoms with E-state index in [1.165, 1.54) is 12.8 Å². The van der Waals surface area contributed by atoms with Gasteiger partial charge in [0.25, 0.3) is 0 Å². The number of carbonyl (C=O) groups excluding carboxylic acids is 1. The Morgan fingerprint density at radius 2 is 2.11 bits per heavy atom. The van der Waals surface area contributed by atoms with Gasteiger partial charge < -0.3 is 15.4 Å². The van der Waals surface area contributed by atoms with Gasteiger partial charge in [0.2, 0.25) is 5.91 Å². The molecule has 1 rings (SSSR count). The number of hydrogen-bond donors (Lipinski definition) is 2. The highest BCUT2D eigenvalue weighted by Gasteiger charge is 2.21. The molecule has 1 unspecified atom stereocenters. The van der Waals surface area contributed by atoms with Crippen LogP contribution >= 0.6 is 0 Å². The summed E-state index contributed by atoms with van der Waals surface area (Å²) in [5, 5.41) is 6.31. The summed E-state index contributed by atoms with van der Waals surface area (Å²) in [4.78, 5) is 12.0. The molecule has 0 aliphatic heterocycles. The maximum atomic E-state index is 12.0. The molecular weight excluding hydrogens is 240 g/mol. The van der Waals surface area contributed by atoms with Crippen molar-refractivity contribution in [2.24, 2.45) is 5.92 Å². The Bertz CT molecular complexity index is 253. The van der Waals surface area contributed by atoms with E-state index < -0.39 is 0 Å². The molecule has 1 saturated carbocycles. The van der Waals surface area contributed by atoms with Crippen molar-refractivity contribution in [2.75, 3.05) is 19.8 Å². The quantitative estimate of drug-likeness (QED) is 0.565. The predicted molar refractivity (Wildman–Crippen MR) is 78.1 cm³/mol. The van der Waals surface area contributed by atoms with E-state index in [1.54, 1.807) is 0 Å². The van der Waals surface area contributed by atoms with Crippen LogP contribution in [0.4, 0.5) is 0 Å². The van der Waals surface area contributed by atoms with Gasteiger partial charge in [-0.3, -0.25) is 4.79 Å². The summed E-state index contributed by atoms with van der Waals surface area (Å²) in [6, 6.07) is 0.279. The maximum Gasteiger partial charge on any atom is 0.237 e. The third-order valence-electron chi connectivity index (χ3n) is 3.24. The Morgan fingerprint density at radius 1 is 1.37 bits per heavy atom. The van der Waals surface area contributed by atoms with Gasteiger partial charge in [0.15, 0.2) is 0 Å². The second-order valence-corrected chi connectivity index (χ2v) is 5.83. The Labute approximate surface area is 117 Å². The van der Waals surface area contributed by atoms with Gasteiger partial charge in [0.1, 0.15) is 0 Å². The van der Waals surface area contributed by atoms with E-state index in [0.29, 0.717) is 12.6 Å². The van der Waals surface area contributed by atoms with E-state index in [-0.39, 0.29) is 11.9 Å². The monoisotopic (exact) mass is 270 g/mol. The SMILES string of the molecule is CCCC(NC(C)C)C(=O)NCCCOCC1CC1. The zero-order chi connectivity index (χ0) is 14.1. The summed E-state index contributed by atoms with van der Waals surface area (Å²) in [7, 11) is 0. The first-order valence-corrected chi connectivity index (χ1v) is 7.75. The van der Waals surface area contributed by atoms with Crippen molar-refractivity contribution in [1.82, 2.24) is 10.6 Å². The van der Waals surface area contributed by atoms with Crippen LogP contribution in [0.1, 0.15) is 52.9 Å². The average Bonchev–Trinajstić information content (AvgIpc) is 3.16. The fourth-order valence-electron chi connectivity index (χ4n) is 2.02. The van der Waals surface area contributed by atoms with Crippen molar-refractivity contribution in [1.29, 1.82) is 0 Å². The van der Waals surface area contributed by atoms with Crippen LogP contribution < -0.4 is 10.6 Å². The number of amides is 1. The molecular formula is C15H30N2O2. The molecule has 0 bridgehead atoms. The van der Waals surface area contributed by atoms with Gasteiger partial charge in [-0.2, -0.15) is 0 Å². The van der Waals surface area contributed by atoms with Crippen molar-refractivity contribution in [3.63, 3.8) is 0 Å². The van der Waals surface area contributed by atoms with Crippen LogP contribution in [0.2, 0.25) is 0 Å². The smallest absolute Gasteiger partial charge is 0.237 e. The number of rotatable bonds is 11. The predicted octanol–water partition coefficient (Wildman–Crippen LogP) is 2.09. The van der Waals surface area contributed by atoms with Crippen molar-refractivity contribution in [2.45, 2.75) is 65.0 Å². The largest absolute Gasteiger partial charge is 0.381 e. The van der Waals surface area contributed by atoms with Crippen LogP contribution in [0.3, 0.4) is 0 Å². The highest BCUT2D eigenvalue weighted by molar-refractivity contribution is 5.81.